The van der Waals surface area contributed by atoms with Crippen LogP contribution in [-0.4, -0.2) is 46.7 Å². The lowest BCUT2D eigenvalue weighted by Crippen LogP contribution is -2.26. The summed E-state index contributed by atoms with van der Waals surface area (Å²) in [6.07, 6.45) is 2.38. The first-order chi connectivity index (χ1) is 12.8. The topological polar surface area (TPSA) is 82.2 Å². The molecule has 0 atom stereocenters. The van der Waals surface area contributed by atoms with E-state index < -0.39 is 0 Å². The highest BCUT2D eigenvalue weighted by atomic mass is 32.2. The Hall–Kier alpha value is -2.58. The Balaban J connectivity index is 1.74. The minimum atomic E-state index is -0.0479. The van der Waals surface area contributed by atoms with Crippen LogP contribution in [-0.2, 0) is 9.53 Å². The van der Waals surface area contributed by atoms with E-state index in [-0.39, 0.29) is 11.7 Å². The third kappa shape index (κ3) is 4.53. The standard InChI is InChI=1S/C18H20N4O3S/c1-24-11-6-10-19-16(23)13-26-18-21-20-17(15-9-5-12-25-15)22(18)14-7-3-2-4-8-14/h2-5,7-9,12H,6,10-11,13H2,1H3,(H,19,23). The van der Waals surface area contributed by atoms with Gasteiger partial charge in [0.05, 0.1) is 12.0 Å². The predicted octanol–water partition coefficient (Wildman–Crippen LogP) is 2.77. The molecule has 1 amide bonds. The van der Waals surface area contributed by atoms with Crippen LogP contribution in [0.4, 0.5) is 0 Å². The van der Waals surface area contributed by atoms with Gasteiger partial charge in [0, 0.05) is 25.9 Å². The maximum atomic E-state index is 12.0. The molecule has 0 saturated carbocycles. The number of furan rings is 1. The van der Waals surface area contributed by atoms with Crippen molar-refractivity contribution in [3.05, 3.63) is 48.7 Å². The number of thioether (sulfide) groups is 1. The Labute approximate surface area is 155 Å². The Bertz CT molecular complexity index is 818. The molecule has 2 aromatic heterocycles. The van der Waals surface area contributed by atoms with Gasteiger partial charge in [-0.3, -0.25) is 9.36 Å². The number of methoxy groups -OCH3 is 1. The van der Waals surface area contributed by atoms with Crippen LogP contribution in [0.1, 0.15) is 6.42 Å². The molecule has 1 N–H and O–H groups in total. The van der Waals surface area contributed by atoms with Gasteiger partial charge < -0.3 is 14.5 Å². The zero-order valence-electron chi connectivity index (χ0n) is 14.4. The number of ether oxygens (including phenoxy) is 1. The molecule has 0 saturated heterocycles. The zero-order valence-corrected chi connectivity index (χ0v) is 15.2. The Morgan fingerprint density at radius 3 is 2.81 bits per heavy atom. The van der Waals surface area contributed by atoms with Gasteiger partial charge >= 0.3 is 0 Å². The highest BCUT2D eigenvalue weighted by Gasteiger charge is 2.18. The fraction of sp³-hybridized carbons (Fsp3) is 0.278. The van der Waals surface area contributed by atoms with Gasteiger partial charge in [-0.2, -0.15) is 0 Å². The molecule has 0 unspecified atom stereocenters. The monoisotopic (exact) mass is 372 g/mol. The van der Waals surface area contributed by atoms with Gasteiger partial charge in [-0.25, -0.2) is 0 Å². The predicted molar refractivity (Wildman–Crippen MR) is 99.3 cm³/mol. The van der Waals surface area contributed by atoms with Gasteiger partial charge in [-0.15, -0.1) is 10.2 Å². The molecule has 0 spiro atoms. The van der Waals surface area contributed by atoms with Crippen molar-refractivity contribution in [2.45, 2.75) is 11.6 Å². The van der Waals surface area contributed by atoms with Crippen molar-refractivity contribution in [2.24, 2.45) is 0 Å². The molecule has 8 heteroatoms. The Morgan fingerprint density at radius 1 is 1.23 bits per heavy atom. The van der Waals surface area contributed by atoms with E-state index in [0.717, 1.165) is 12.1 Å². The average Bonchev–Trinajstić information content (AvgIpc) is 3.33. The second-order valence-corrected chi connectivity index (χ2v) is 6.38. The first-order valence-corrected chi connectivity index (χ1v) is 9.21. The van der Waals surface area contributed by atoms with Crippen molar-refractivity contribution in [1.82, 2.24) is 20.1 Å². The fourth-order valence-electron chi connectivity index (χ4n) is 2.36. The summed E-state index contributed by atoms with van der Waals surface area (Å²) in [5.41, 5.74) is 0.909. The lowest BCUT2D eigenvalue weighted by atomic mass is 10.3. The molecule has 0 fully saturated rings. The van der Waals surface area contributed by atoms with Crippen LogP contribution in [0.2, 0.25) is 0 Å². The molecular formula is C18H20N4O3S. The molecular weight excluding hydrogens is 352 g/mol. The van der Waals surface area contributed by atoms with Crippen LogP contribution in [0.3, 0.4) is 0 Å². The lowest BCUT2D eigenvalue weighted by Gasteiger charge is -2.09. The van der Waals surface area contributed by atoms with Crippen LogP contribution < -0.4 is 5.32 Å². The molecule has 26 heavy (non-hydrogen) atoms. The second-order valence-electron chi connectivity index (χ2n) is 5.44. The van der Waals surface area contributed by atoms with Crippen LogP contribution >= 0.6 is 11.8 Å². The summed E-state index contributed by atoms with van der Waals surface area (Å²) >= 11 is 1.34. The first kappa shape index (κ1) is 18.2. The van der Waals surface area contributed by atoms with Gasteiger partial charge in [0.1, 0.15) is 0 Å². The van der Waals surface area contributed by atoms with E-state index >= 15 is 0 Å². The smallest absolute Gasteiger partial charge is 0.230 e. The van der Waals surface area contributed by atoms with E-state index in [0.29, 0.717) is 29.9 Å². The van der Waals surface area contributed by atoms with Crippen LogP contribution in [0.5, 0.6) is 0 Å². The first-order valence-electron chi connectivity index (χ1n) is 8.22. The van der Waals surface area contributed by atoms with Gasteiger partial charge in [0.25, 0.3) is 0 Å². The van der Waals surface area contributed by atoms with E-state index in [4.69, 9.17) is 9.15 Å². The highest BCUT2D eigenvalue weighted by Crippen LogP contribution is 2.27. The lowest BCUT2D eigenvalue weighted by molar-refractivity contribution is -0.118. The fourth-order valence-corrected chi connectivity index (χ4v) is 3.15. The number of carbonyl (C=O) groups excluding carboxylic acids is 1. The molecule has 136 valence electrons. The summed E-state index contributed by atoms with van der Waals surface area (Å²) in [7, 11) is 1.64. The Morgan fingerprint density at radius 2 is 2.08 bits per heavy atom. The number of rotatable bonds is 9. The largest absolute Gasteiger partial charge is 0.461 e. The molecule has 3 aromatic rings. The number of hydrogen-bond acceptors (Lipinski definition) is 6. The van der Waals surface area contributed by atoms with Gasteiger partial charge in [0.2, 0.25) is 11.7 Å². The SMILES string of the molecule is COCCCNC(=O)CSc1nnc(-c2ccco2)n1-c1ccccc1. The number of nitrogens with zero attached hydrogens (tertiary/aromatic N) is 3. The third-order valence-electron chi connectivity index (χ3n) is 3.57. The number of aromatic nitrogens is 3. The van der Waals surface area contributed by atoms with Crippen LogP contribution in [0.15, 0.2) is 58.3 Å². The highest BCUT2D eigenvalue weighted by molar-refractivity contribution is 7.99. The summed E-state index contributed by atoms with van der Waals surface area (Å²) < 4.78 is 12.3. The number of amides is 1. The second kappa shape index (κ2) is 9.21. The maximum absolute atomic E-state index is 12.0. The molecule has 0 bridgehead atoms. The van der Waals surface area contributed by atoms with E-state index in [1.165, 1.54) is 11.8 Å². The molecule has 1 aromatic carbocycles. The van der Waals surface area contributed by atoms with Gasteiger partial charge in [-0.1, -0.05) is 30.0 Å². The number of hydrogen-bond donors (Lipinski definition) is 1. The summed E-state index contributed by atoms with van der Waals surface area (Å²) in [4.78, 5) is 12.0. The number of para-hydroxylation sites is 1. The van der Waals surface area contributed by atoms with Gasteiger partial charge in [-0.05, 0) is 30.7 Å². The molecule has 7 nitrogen and oxygen atoms in total. The zero-order chi connectivity index (χ0) is 18.2. The molecule has 0 aliphatic rings. The maximum Gasteiger partial charge on any atom is 0.230 e. The Kier molecular flexibility index (Phi) is 6.45. The molecule has 3 rings (SSSR count). The van der Waals surface area contributed by atoms with Crippen molar-refractivity contribution < 1.29 is 13.9 Å². The minimum Gasteiger partial charge on any atom is -0.461 e. The molecule has 0 aliphatic heterocycles. The molecule has 0 aliphatic carbocycles. The van der Waals surface area contributed by atoms with Crippen molar-refractivity contribution >= 4 is 17.7 Å². The normalized spacial score (nSPS) is 10.8. The van der Waals surface area contributed by atoms with E-state index in [1.807, 2.05) is 41.0 Å². The third-order valence-corrected chi connectivity index (χ3v) is 4.50. The van der Waals surface area contributed by atoms with E-state index in [9.17, 15) is 4.79 Å². The average molecular weight is 372 g/mol. The van der Waals surface area contributed by atoms with Gasteiger partial charge in [0.15, 0.2) is 10.9 Å². The van der Waals surface area contributed by atoms with Crippen molar-refractivity contribution in [3.63, 3.8) is 0 Å². The van der Waals surface area contributed by atoms with Crippen LogP contribution in [0.25, 0.3) is 17.3 Å². The minimum absolute atomic E-state index is 0.0479. The number of nitrogens with one attached hydrogen (secondary N) is 1. The van der Waals surface area contributed by atoms with E-state index in [1.54, 1.807) is 19.4 Å². The summed E-state index contributed by atoms with van der Waals surface area (Å²) in [6.45, 7) is 1.22. The summed E-state index contributed by atoms with van der Waals surface area (Å²) in [5.74, 6) is 1.44. The summed E-state index contributed by atoms with van der Waals surface area (Å²) in [6, 6.07) is 13.4. The van der Waals surface area contributed by atoms with Crippen LogP contribution in [0, 0.1) is 0 Å². The molecule has 0 radical (unpaired) electrons. The van der Waals surface area contributed by atoms with Crippen molar-refractivity contribution in [3.8, 4) is 17.3 Å². The number of carbonyl (C=O) groups is 1. The molecule has 2 heterocycles. The number of benzene rings is 1. The summed E-state index contributed by atoms with van der Waals surface area (Å²) in [5, 5.41) is 12.0. The quantitative estimate of drug-likeness (QED) is 0.459. The van der Waals surface area contributed by atoms with E-state index in [2.05, 4.69) is 15.5 Å². The van der Waals surface area contributed by atoms with Crippen molar-refractivity contribution in [2.75, 3.05) is 26.0 Å². The van der Waals surface area contributed by atoms with Crippen molar-refractivity contribution in [1.29, 1.82) is 0 Å².